The Balaban J connectivity index is 1.51. The van der Waals surface area contributed by atoms with Crippen molar-refractivity contribution in [1.29, 1.82) is 0 Å². The molecule has 4 aromatic rings. The number of nitrogen functional groups attached to an aromatic ring is 1. The van der Waals surface area contributed by atoms with Crippen LogP contribution in [0.5, 0.6) is 0 Å². The standard InChI is InChI=1S/C29H22ClN7O6S3/c1-3-14-15(4-2)26(39)23-22(25(14)38)18(12-20(45-41)24(23)31)32-13-9-10-17(21(11-13)46(42)43)34-29-36-27(30)35-28(37-29)33-16-7-5-6-8-19(16)44-40/h3-12,32,40-41H,1-2,31H2,(H,42,43)(H2,33,34,35,36,37). The van der Waals surface area contributed by atoms with Crippen LogP contribution in [0.25, 0.3) is 0 Å². The summed E-state index contributed by atoms with van der Waals surface area (Å²) >= 11 is 4.40. The van der Waals surface area contributed by atoms with Crippen molar-refractivity contribution < 1.29 is 27.5 Å². The first kappa shape index (κ1) is 32.8. The molecule has 0 radical (unpaired) electrons. The lowest BCUT2D eigenvalue weighted by atomic mass is 9.82. The zero-order chi connectivity index (χ0) is 33.1. The Labute approximate surface area is 277 Å². The van der Waals surface area contributed by atoms with E-state index in [0.717, 1.165) is 0 Å². The van der Waals surface area contributed by atoms with E-state index in [1.807, 2.05) is 0 Å². The third-order valence-corrected chi connectivity index (χ3v) is 8.58. The molecule has 17 heteroatoms. The lowest BCUT2D eigenvalue weighted by Crippen LogP contribution is -2.24. The van der Waals surface area contributed by atoms with Crippen LogP contribution >= 0.6 is 35.7 Å². The fraction of sp³-hybridized carbons (Fsp3) is 0. The summed E-state index contributed by atoms with van der Waals surface area (Å²) < 4.78 is 42.0. The molecular weight excluding hydrogens is 674 g/mol. The highest BCUT2D eigenvalue weighted by Crippen LogP contribution is 2.42. The molecule has 0 bridgehead atoms. The SMILES string of the molecule is C=CC1=C(C=C)C(=O)c2c(N)c(SO)cc(Nc3ccc(Nc4nc(Cl)nc(Nc5ccccc5SO)n4)c(S(=O)O)c3)c2C1=O. The third-order valence-electron chi connectivity index (χ3n) is 6.60. The molecule has 1 atom stereocenters. The minimum atomic E-state index is -2.54. The fourth-order valence-electron chi connectivity index (χ4n) is 4.59. The second kappa shape index (κ2) is 13.8. The van der Waals surface area contributed by atoms with Crippen molar-refractivity contribution in [2.45, 2.75) is 14.7 Å². The van der Waals surface area contributed by atoms with Crippen molar-refractivity contribution >= 4 is 98.7 Å². The van der Waals surface area contributed by atoms with Crippen molar-refractivity contribution in [3.8, 4) is 0 Å². The molecule has 0 saturated carbocycles. The van der Waals surface area contributed by atoms with Gasteiger partial charge in [0, 0.05) is 40.9 Å². The minimum Gasteiger partial charge on any atom is -0.397 e. The lowest BCUT2D eigenvalue weighted by molar-refractivity contribution is 0.0981. The average Bonchev–Trinajstić information content (AvgIpc) is 3.03. The summed E-state index contributed by atoms with van der Waals surface area (Å²) in [6.45, 7) is 7.27. The number of Topliss-reactive ketones (excluding diaryl/α,β-unsaturated/α-hetero) is 2. The molecule has 0 aliphatic heterocycles. The number of anilines is 7. The van der Waals surface area contributed by atoms with Crippen LogP contribution < -0.4 is 21.7 Å². The van der Waals surface area contributed by atoms with Crippen LogP contribution in [-0.2, 0) is 11.1 Å². The van der Waals surface area contributed by atoms with E-state index in [1.165, 1.54) is 36.4 Å². The Morgan fingerprint density at radius 2 is 1.41 bits per heavy atom. The molecule has 1 aliphatic rings. The number of para-hydroxylation sites is 1. The molecule has 234 valence electrons. The summed E-state index contributed by atoms with van der Waals surface area (Å²) in [6, 6.07) is 12.6. The topological polar surface area (TPSA) is 213 Å². The van der Waals surface area contributed by atoms with Crippen molar-refractivity contribution in [3.63, 3.8) is 0 Å². The molecule has 0 spiro atoms. The number of hydrogen-bond donors (Lipinski definition) is 7. The first-order chi connectivity index (χ1) is 22.1. The smallest absolute Gasteiger partial charge is 0.233 e. The summed E-state index contributed by atoms with van der Waals surface area (Å²) in [5.74, 6) is -1.15. The number of carbonyl (C=O) groups excluding carboxylic acids is 2. The number of benzene rings is 3. The number of rotatable bonds is 11. The molecule has 1 heterocycles. The van der Waals surface area contributed by atoms with Crippen LogP contribution in [0.3, 0.4) is 0 Å². The van der Waals surface area contributed by atoms with Gasteiger partial charge in [-0.3, -0.25) is 9.59 Å². The molecule has 3 aromatic carbocycles. The molecular formula is C29H22ClN7O6S3. The Kier molecular flexibility index (Phi) is 9.88. The predicted molar refractivity (Wildman–Crippen MR) is 181 cm³/mol. The van der Waals surface area contributed by atoms with E-state index >= 15 is 0 Å². The monoisotopic (exact) mass is 695 g/mol. The van der Waals surface area contributed by atoms with Gasteiger partial charge in [-0.15, -0.1) is 0 Å². The van der Waals surface area contributed by atoms with E-state index in [4.69, 9.17) is 17.3 Å². The molecule has 0 amide bonds. The van der Waals surface area contributed by atoms with Gasteiger partial charge >= 0.3 is 0 Å². The highest BCUT2D eigenvalue weighted by Gasteiger charge is 2.35. The second-order valence-corrected chi connectivity index (χ2v) is 11.8. The summed E-state index contributed by atoms with van der Waals surface area (Å²) in [5.41, 5.74) is 6.95. The second-order valence-electron chi connectivity index (χ2n) is 9.25. The Morgan fingerprint density at radius 1 is 0.804 bits per heavy atom. The van der Waals surface area contributed by atoms with E-state index in [2.05, 4.69) is 44.1 Å². The van der Waals surface area contributed by atoms with Crippen LogP contribution in [0.1, 0.15) is 20.7 Å². The fourth-order valence-corrected chi connectivity index (χ4v) is 6.02. The number of nitrogens with one attached hydrogen (secondary N) is 3. The maximum Gasteiger partial charge on any atom is 0.233 e. The molecule has 1 aromatic heterocycles. The van der Waals surface area contributed by atoms with Crippen LogP contribution in [-0.4, -0.2) is 44.4 Å². The Morgan fingerprint density at radius 3 is 2.02 bits per heavy atom. The van der Waals surface area contributed by atoms with Crippen molar-refractivity contribution in [2.24, 2.45) is 0 Å². The van der Waals surface area contributed by atoms with Crippen molar-refractivity contribution in [2.75, 3.05) is 21.7 Å². The van der Waals surface area contributed by atoms with Gasteiger partial charge in [0.2, 0.25) is 17.2 Å². The maximum absolute atomic E-state index is 13.5. The molecule has 0 saturated heterocycles. The van der Waals surface area contributed by atoms with E-state index < -0.39 is 22.6 Å². The predicted octanol–water partition coefficient (Wildman–Crippen LogP) is 7.10. The Hall–Kier alpha value is -4.55. The average molecular weight is 696 g/mol. The zero-order valence-electron chi connectivity index (χ0n) is 23.3. The van der Waals surface area contributed by atoms with Crippen LogP contribution in [0.2, 0.25) is 5.28 Å². The van der Waals surface area contributed by atoms with Crippen molar-refractivity contribution in [1.82, 2.24) is 15.0 Å². The largest absolute Gasteiger partial charge is 0.397 e. The number of carbonyl (C=O) groups is 2. The number of aromatic nitrogens is 3. The minimum absolute atomic E-state index is 0.0203. The summed E-state index contributed by atoms with van der Waals surface area (Å²) in [6.07, 6.45) is 2.49. The quantitative estimate of drug-likeness (QED) is 0.0473. The van der Waals surface area contributed by atoms with Crippen LogP contribution in [0.15, 0.2) is 99.7 Å². The van der Waals surface area contributed by atoms with Gasteiger partial charge in [-0.25, -0.2) is 4.21 Å². The number of nitrogens with zero attached hydrogens (tertiary/aromatic N) is 3. The van der Waals surface area contributed by atoms with Gasteiger partial charge in [0.1, 0.15) is 0 Å². The first-order valence-corrected chi connectivity index (χ1v) is 15.9. The first-order valence-electron chi connectivity index (χ1n) is 12.8. The lowest BCUT2D eigenvalue weighted by Gasteiger charge is -2.24. The van der Waals surface area contributed by atoms with Gasteiger partial charge in [-0.1, -0.05) is 37.4 Å². The van der Waals surface area contributed by atoms with E-state index in [1.54, 1.807) is 24.3 Å². The van der Waals surface area contributed by atoms with Gasteiger partial charge in [0.25, 0.3) is 0 Å². The van der Waals surface area contributed by atoms with Crippen LogP contribution in [0, 0.1) is 0 Å². The number of hydrogen-bond acceptors (Lipinski definition) is 14. The van der Waals surface area contributed by atoms with Gasteiger partial charge < -0.3 is 35.3 Å². The molecule has 46 heavy (non-hydrogen) atoms. The number of halogens is 1. The normalized spacial score (nSPS) is 13.2. The number of allylic oxidation sites excluding steroid dienone is 4. The van der Waals surface area contributed by atoms with Gasteiger partial charge in [0.05, 0.1) is 48.6 Å². The zero-order valence-corrected chi connectivity index (χ0v) is 26.5. The third kappa shape index (κ3) is 6.40. The van der Waals surface area contributed by atoms with E-state index in [-0.39, 0.29) is 72.0 Å². The summed E-state index contributed by atoms with van der Waals surface area (Å²) in [7, 11) is 0. The molecule has 1 aliphatic carbocycles. The van der Waals surface area contributed by atoms with Crippen molar-refractivity contribution in [3.05, 3.63) is 101 Å². The molecule has 0 fully saturated rings. The molecule has 1 unspecified atom stereocenters. The maximum atomic E-state index is 13.5. The molecule has 13 nitrogen and oxygen atoms in total. The van der Waals surface area contributed by atoms with E-state index in [0.29, 0.717) is 34.7 Å². The molecule has 8 N–H and O–H groups in total. The highest BCUT2D eigenvalue weighted by molar-refractivity contribution is 7.94. The number of ketones is 2. The number of fused-ring (bicyclic) bond motifs is 1. The summed E-state index contributed by atoms with van der Waals surface area (Å²) in [4.78, 5) is 39.7. The van der Waals surface area contributed by atoms with E-state index in [9.17, 15) is 27.5 Å². The van der Waals surface area contributed by atoms with Gasteiger partial charge in [-0.05, 0) is 48.0 Å². The molecule has 5 rings (SSSR count). The highest BCUT2D eigenvalue weighted by atomic mass is 35.5. The van der Waals surface area contributed by atoms with Gasteiger partial charge in [0.15, 0.2) is 22.6 Å². The van der Waals surface area contributed by atoms with Gasteiger partial charge in [-0.2, -0.15) is 15.0 Å². The van der Waals surface area contributed by atoms with Crippen LogP contribution in [0.4, 0.5) is 40.3 Å². The number of nitrogens with two attached hydrogens (primary N) is 1. The Bertz CT molecular complexity index is 2010. The summed E-state index contributed by atoms with van der Waals surface area (Å²) in [5, 5.41) is 8.61.